The molecular weight excluding hydrogens is 372 g/mol. The van der Waals surface area contributed by atoms with Gasteiger partial charge in [-0.15, -0.1) is 11.8 Å². The summed E-state index contributed by atoms with van der Waals surface area (Å²) in [6, 6.07) is 13.7. The van der Waals surface area contributed by atoms with Crippen molar-refractivity contribution < 1.29 is 9.59 Å². The normalized spacial score (nSPS) is 19.2. The molecule has 2 aromatic carbocycles. The standard InChI is InChI=1S/C21H26N4O2S/c1-13-5-8-16(9-6-13)11-18-20(27)23-21(25-24-18)28-12-19(26)22-17-10-14(2)4-7-15(17)3/h4-10,18,21,24-25H,11-12H2,1-3H3,(H,22,26)(H,23,27). The third-order valence-corrected chi connectivity index (χ3v) is 5.59. The zero-order valence-corrected chi connectivity index (χ0v) is 17.2. The predicted octanol–water partition coefficient (Wildman–Crippen LogP) is 2.40. The van der Waals surface area contributed by atoms with Crippen molar-refractivity contribution >= 4 is 29.3 Å². The molecule has 2 atom stereocenters. The number of benzene rings is 2. The van der Waals surface area contributed by atoms with Crippen molar-refractivity contribution in [2.45, 2.75) is 38.7 Å². The maximum atomic E-state index is 12.4. The first-order valence-corrected chi connectivity index (χ1v) is 10.3. The van der Waals surface area contributed by atoms with Crippen molar-refractivity contribution in [1.29, 1.82) is 0 Å². The van der Waals surface area contributed by atoms with E-state index in [4.69, 9.17) is 0 Å². The highest BCUT2D eigenvalue weighted by atomic mass is 32.2. The molecule has 0 aliphatic carbocycles. The monoisotopic (exact) mass is 398 g/mol. The molecule has 0 saturated carbocycles. The van der Waals surface area contributed by atoms with Gasteiger partial charge in [-0.05, 0) is 49.9 Å². The molecule has 0 spiro atoms. The van der Waals surface area contributed by atoms with Gasteiger partial charge >= 0.3 is 0 Å². The van der Waals surface area contributed by atoms with Crippen LogP contribution in [-0.4, -0.2) is 29.1 Å². The SMILES string of the molecule is Cc1ccc(CC2NNC(SCC(=O)Nc3cc(C)ccc3C)NC2=O)cc1. The molecule has 0 bridgehead atoms. The summed E-state index contributed by atoms with van der Waals surface area (Å²) < 4.78 is 0. The van der Waals surface area contributed by atoms with Gasteiger partial charge in [0.25, 0.3) is 0 Å². The number of anilines is 1. The van der Waals surface area contributed by atoms with E-state index in [1.165, 1.54) is 17.3 Å². The Labute approximate surface area is 169 Å². The smallest absolute Gasteiger partial charge is 0.240 e. The van der Waals surface area contributed by atoms with Crippen LogP contribution in [-0.2, 0) is 16.0 Å². The molecule has 1 heterocycles. The van der Waals surface area contributed by atoms with Crippen LogP contribution in [0.3, 0.4) is 0 Å². The van der Waals surface area contributed by atoms with Gasteiger partial charge < -0.3 is 10.6 Å². The highest BCUT2D eigenvalue weighted by Gasteiger charge is 2.27. The lowest BCUT2D eigenvalue weighted by molar-refractivity contribution is -0.125. The molecule has 3 rings (SSSR count). The Kier molecular flexibility index (Phi) is 6.72. The van der Waals surface area contributed by atoms with E-state index in [0.29, 0.717) is 6.42 Å². The van der Waals surface area contributed by atoms with Crippen LogP contribution >= 0.6 is 11.8 Å². The van der Waals surface area contributed by atoms with E-state index in [9.17, 15) is 9.59 Å². The van der Waals surface area contributed by atoms with Crippen molar-refractivity contribution in [3.8, 4) is 0 Å². The zero-order chi connectivity index (χ0) is 20.1. The van der Waals surface area contributed by atoms with Crippen LogP contribution in [0.4, 0.5) is 5.69 Å². The first-order valence-electron chi connectivity index (χ1n) is 9.26. The third kappa shape index (κ3) is 5.58. The van der Waals surface area contributed by atoms with E-state index in [1.807, 2.05) is 63.2 Å². The molecule has 1 fully saturated rings. The largest absolute Gasteiger partial charge is 0.329 e. The number of amides is 2. The molecule has 6 nitrogen and oxygen atoms in total. The minimum Gasteiger partial charge on any atom is -0.329 e. The maximum absolute atomic E-state index is 12.4. The average Bonchev–Trinajstić information content (AvgIpc) is 2.67. The number of nitrogens with one attached hydrogen (secondary N) is 4. The summed E-state index contributed by atoms with van der Waals surface area (Å²) in [5, 5.41) is 5.84. The van der Waals surface area contributed by atoms with Gasteiger partial charge in [0.15, 0.2) is 0 Å². The molecule has 1 saturated heterocycles. The molecule has 4 N–H and O–H groups in total. The molecule has 2 unspecified atom stereocenters. The summed E-state index contributed by atoms with van der Waals surface area (Å²) in [6.45, 7) is 5.99. The summed E-state index contributed by atoms with van der Waals surface area (Å²) in [5.74, 6) is 0.0543. The lowest BCUT2D eigenvalue weighted by Crippen LogP contribution is -2.64. The Morgan fingerprint density at radius 3 is 2.46 bits per heavy atom. The number of hydrazine groups is 1. The lowest BCUT2D eigenvalue weighted by atomic mass is 10.0. The molecule has 1 aliphatic heterocycles. The molecule has 1 aliphatic rings. The fraction of sp³-hybridized carbons (Fsp3) is 0.333. The van der Waals surface area contributed by atoms with Gasteiger partial charge in [0.05, 0.1) is 5.75 Å². The van der Waals surface area contributed by atoms with Crippen LogP contribution in [0.15, 0.2) is 42.5 Å². The highest BCUT2D eigenvalue weighted by Crippen LogP contribution is 2.17. The van der Waals surface area contributed by atoms with E-state index in [0.717, 1.165) is 22.4 Å². The van der Waals surface area contributed by atoms with Crippen LogP contribution in [0.2, 0.25) is 0 Å². The second-order valence-electron chi connectivity index (χ2n) is 7.10. The van der Waals surface area contributed by atoms with Gasteiger partial charge in [0.2, 0.25) is 11.8 Å². The molecule has 0 aromatic heterocycles. The first kappa shape index (κ1) is 20.4. The van der Waals surface area contributed by atoms with E-state index in [1.54, 1.807) is 0 Å². The number of aryl methyl sites for hydroxylation is 3. The second kappa shape index (κ2) is 9.23. The number of carbonyl (C=O) groups is 2. The Morgan fingerprint density at radius 2 is 1.75 bits per heavy atom. The van der Waals surface area contributed by atoms with Gasteiger partial charge in [0, 0.05) is 5.69 Å². The van der Waals surface area contributed by atoms with Crippen molar-refractivity contribution in [3.63, 3.8) is 0 Å². The minimum absolute atomic E-state index is 0.0771. The summed E-state index contributed by atoms with van der Waals surface area (Å²) in [5.41, 5.74) is 11.0. The van der Waals surface area contributed by atoms with Gasteiger partial charge in [-0.1, -0.05) is 42.0 Å². The van der Waals surface area contributed by atoms with Crippen LogP contribution in [0.1, 0.15) is 22.3 Å². The molecule has 148 valence electrons. The molecule has 2 amide bonds. The van der Waals surface area contributed by atoms with Crippen LogP contribution in [0.5, 0.6) is 0 Å². The average molecular weight is 399 g/mol. The topological polar surface area (TPSA) is 82.3 Å². The van der Waals surface area contributed by atoms with Gasteiger partial charge in [0.1, 0.15) is 11.5 Å². The van der Waals surface area contributed by atoms with Crippen LogP contribution < -0.4 is 21.5 Å². The summed E-state index contributed by atoms with van der Waals surface area (Å²) >= 11 is 1.33. The quantitative estimate of drug-likeness (QED) is 0.601. The number of carbonyl (C=O) groups excluding carboxylic acids is 2. The molecule has 28 heavy (non-hydrogen) atoms. The van der Waals surface area contributed by atoms with E-state index in [-0.39, 0.29) is 29.1 Å². The second-order valence-corrected chi connectivity index (χ2v) is 8.19. The third-order valence-electron chi connectivity index (χ3n) is 4.59. The first-order chi connectivity index (χ1) is 13.4. The van der Waals surface area contributed by atoms with Gasteiger partial charge in [-0.25, -0.2) is 10.9 Å². The molecule has 2 aromatic rings. The minimum atomic E-state index is -0.355. The number of hydrogen-bond donors (Lipinski definition) is 4. The Balaban J connectivity index is 1.45. The number of hydrogen-bond acceptors (Lipinski definition) is 5. The van der Waals surface area contributed by atoms with Crippen molar-refractivity contribution in [2.24, 2.45) is 0 Å². The fourth-order valence-corrected chi connectivity index (χ4v) is 3.65. The summed E-state index contributed by atoms with van der Waals surface area (Å²) in [4.78, 5) is 24.6. The maximum Gasteiger partial charge on any atom is 0.240 e. The zero-order valence-electron chi connectivity index (χ0n) is 16.3. The van der Waals surface area contributed by atoms with Gasteiger partial charge in [-0.3, -0.25) is 9.59 Å². The lowest BCUT2D eigenvalue weighted by Gasteiger charge is -2.31. The van der Waals surface area contributed by atoms with E-state index in [2.05, 4.69) is 21.5 Å². The summed E-state index contributed by atoms with van der Waals surface area (Å²) in [6.07, 6.45) is 0.601. The number of rotatable bonds is 6. The Bertz CT molecular complexity index is 854. The number of thioether (sulfide) groups is 1. The highest BCUT2D eigenvalue weighted by molar-refractivity contribution is 8.00. The van der Waals surface area contributed by atoms with Gasteiger partial charge in [-0.2, -0.15) is 0 Å². The predicted molar refractivity (Wildman–Crippen MR) is 114 cm³/mol. The fourth-order valence-electron chi connectivity index (χ4n) is 2.91. The van der Waals surface area contributed by atoms with Crippen molar-refractivity contribution in [2.75, 3.05) is 11.1 Å². The summed E-state index contributed by atoms with van der Waals surface area (Å²) in [7, 11) is 0. The molecule has 7 heteroatoms. The van der Waals surface area contributed by atoms with Crippen LogP contribution in [0, 0.1) is 20.8 Å². The van der Waals surface area contributed by atoms with E-state index >= 15 is 0 Å². The molecular formula is C21H26N4O2S. The van der Waals surface area contributed by atoms with Crippen molar-refractivity contribution in [3.05, 3.63) is 64.7 Å². The molecule has 0 radical (unpaired) electrons. The van der Waals surface area contributed by atoms with E-state index < -0.39 is 0 Å². The Morgan fingerprint density at radius 1 is 1.04 bits per heavy atom. The Hall–Kier alpha value is -2.35. The van der Waals surface area contributed by atoms with Crippen molar-refractivity contribution in [1.82, 2.24) is 16.2 Å². The van der Waals surface area contributed by atoms with Crippen LogP contribution in [0.25, 0.3) is 0 Å².